The molecule has 0 aliphatic rings. The van der Waals surface area contributed by atoms with Crippen LogP contribution in [0.5, 0.6) is 0 Å². The largest absolute Gasteiger partial charge is 2.00 e. The Morgan fingerprint density at radius 1 is 0.268 bits per heavy atom. The van der Waals surface area contributed by atoms with Gasteiger partial charge in [-0.15, -0.1) is 0 Å². The van der Waals surface area contributed by atoms with E-state index in [4.69, 9.17) is 9.47 Å². The molecule has 0 heterocycles. The average molecular weight is 1060 g/mol. The first-order valence-electron chi connectivity index (χ1n) is 31.0. The molecule has 0 radical (unpaired) electrons. The number of esters is 2. The van der Waals surface area contributed by atoms with E-state index in [9.17, 15) is 29.4 Å². The molecular formula is C62H118O8Zn. The number of carboxylic acid groups (broad SMARTS) is 2. The third-order valence-corrected chi connectivity index (χ3v) is 14.1. The van der Waals surface area contributed by atoms with Crippen LogP contribution < -0.4 is 10.2 Å². The summed E-state index contributed by atoms with van der Waals surface area (Å²) in [5.41, 5.74) is 0. The zero-order valence-corrected chi connectivity index (χ0v) is 50.9. The minimum Gasteiger partial charge on any atom is -0.550 e. The van der Waals surface area contributed by atoms with E-state index in [0.29, 0.717) is 12.8 Å². The molecule has 0 N–H and O–H groups in total. The van der Waals surface area contributed by atoms with Crippen LogP contribution in [0, 0.1) is 0 Å². The standard InChI is InChI=1S/2C31H60O4.Zn/c2*1-3-5-7-9-10-11-12-16-20-24-28-31(34)35-29(25-21-17-8-6-4-2)26-22-18-14-13-15-19-23-27-30(32)33;/h2*29H,3-28H2,1-2H3,(H,32,33);/q;;+2/p-2. The molecule has 0 aromatic rings. The maximum atomic E-state index is 12.4. The number of hydrogen-bond donors (Lipinski definition) is 0. The number of ether oxygens (including phenoxy) is 2. The maximum Gasteiger partial charge on any atom is 2.00 e. The molecule has 0 spiro atoms. The van der Waals surface area contributed by atoms with Crippen LogP contribution in [0.1, 0.15) is 362 Å². The molecule has 2 atom stereocenters. The van der Waals surface area contributed by atoms with Crippen LogP contribution >= 0.6 is 0 Å². The van der Waals surface area contributed by atoms with Crippen LogP contribution in [0.3, 0.4) is 0 Å². The van der Waals surface area contributed by atoms with Crippen LogP contribution in [0.25, 0.3) is 0 Å². The van der Waals surface area contributed by atoms with Gasteiger partial charge in [-0.25, -0.2) is 0 Å². The second-order valence-electron chi connectivity index (χ2n) is 21.3. The number of rotatable bonds is 56. The Morgan fingerprint density at radius 3 is 0.634 bits per heavy atom. The number of aliphatic carboxylic acids is 2. The van der Waals surface area contributed by atoms with Crippen molar-refractivity contribution in [3.63, 3.8) is 0 Å². The molecule has 8 nitrogen and oxygen atoms in total. The number of carbonyl (C=O) groups is 4. The van der Waals surface area contributed by atoms with Crippen LogP contribution in [0.15, 0.2) is 0 Å². The third-order valence-electron chi connectivity index (χ3n) is 14.1. The second kappa shape index (κ2) is 62.8. The number of carbonyl (C=O) groups excluding carboxylic acids is 4. The maximum absolute atomic E-state index is 12.4. The topological polar surface area (TPSA) is 133 Å². The van der Waals surface area contributed by atoms with Gasteiger partial charge in [-0.3, -0.25) is 9.59 Å². The van der Waals surface area contributed by atoms with Crippen molar-refractivity contribution in [2.24, 2.45) is 0 Å². The molecule has 71 heavy (non-hydrogen) atoms. The van der Waals surface area contributed by atoms with E-state index in [-0.39, 0.29) is 56.5 Å². The summed E-state index contributed by atoms with van der Waals surface area (Å²) in [5.74, 6) is -1.85. The number of hydrogen-bond acceptors (Lipinski definition) is 8. The van der Waals surface area contributed by atoms with Gasteiger partial charge in [0.1, 0.15) is 12.2 Å². The van der Waals surface area contributed by atoms with Crippen LogP contribution in [0.4, 0.5) is 0 Å². The first-order valence-corrected chi connectivity index (χ1v) is 31.0. The van der Waals surface area contributed by atoms with Gasteiger partial charge in [0.05, 0.1) is 0 Å². The minimum atomic E-state index is -0.937. The van der Waals surface area contributed by atoms with Crippen molar-refractivity contribution >= 4 is 23.9 Å². The van der Waals surface area contributed by atoms with Gasteiger partial charge in [0.25, 0.3) is 0 Å². The molecule has 0 rings (SSSR count). The van der Waals surface area contributed by atoms with Gasteiger partial charge in [0.15, 0.2) is 0 Å². The second-order valence-corrected chi connectivity index (χ2v) is 21.3. The van der Waals surface area contributed by atoms with E-state index >= 15 is 0 Å². The van der Waals surface area contributed by atoms with Gasteiger partial charge in [0.2, 0.25) is 0 Å². The summed E-state index contributed by atoms with van der Waals surface area (Å²) in [6, 6.07) is 0. The number of carboxylic acids is 2. The fraction of sp³-hybridized carbons (Fsp3) is 0.935. The van der Waals surface area contributed by atoms with Gasteiger partial charge >= 0.3 is 31.4 Å². The van der Waals surface area contributed by atoms with Crippen LogP contribution in [0.2, 0.25) is 0 Å². The first kappa shape index (κ1) is 73.7. The Morgan fingerprint density at radius 2 is 0.437 bits per heavy atom. The van der Waals surface area contributed by atoms with E-state index in [2.05, 4.69) is 27.7 Å². The van der Waals surface area contributed by atoms with Crippen molar-refractivity contribution in [1.29, 1.82) is 0 Å². The quantitative estimate of drug-likeness (QED) is 0.0334. The van der Waals surface area contributed by atoms with E-state index in [1.54, 1.807) is 0 Å². The van der Waals surface area contributed by atoms with Gasteiger partial charge in [-0.05, 0) is 89.9 Å². The Kier molecular flexibility index (Phi) is 65.2. The average Bonchev–Trinajstić information content (AvgIpc) is 3.33. The first-order chi connectivity index (χ1) is 34.2. The molecule has 0 aromatic carbocycles. The molecule has 0 amide bonds. The fourth-order valence-electron chi connectivity index (χ4n) is 9.53. The molecule has 0 aromatic heterocycles. The third kappa shape index (κ3) is 64.6. The SMILES string of the molecule is CCCCCCCCCCCCC(=O)OC(CCCCCCC)CCCCCCCCCC(=O)[O-].CCCCCCCCCCCCC(=O)OC(CCCCCCC)CCCCCCCCCC(=O)[O-].[Zn+2]. The molecule has 0 aliphatic carbocycles. The van der Waals surface area contributed by atoms with Crippen molar-refractivity contribution in [3.05, 3.63) is 0 Å². The fourth-order valence-corrected chi connectivity index (χ4v) is 9.53. The molecule has 0 saturated carbocycles. The molecule has 9 heteroatoms. The predicted octanol–water partition coefficient (Wildman–Crippen LogP) is 17.7. The number of unbranched alkanes of at least 4 members (excludes halogenated alkanes) is 38. The zero-order chi connectivity index (χ0) is 51.6. The van der Waals surface area contributed by atoms with Crippen molar-refractivity contribution in [1.82, 2.24) is 0 Å². The van der Waals surface area contributed by atoms with Gasteiger partial charge in [-0.2, -0.15) is 0 Å². The Bertz CT molecular complexity index is 1020. The minimum absolute atomic E-state index is 0. The molecule has 2 unspecified atom stereocenters. The van der Waals surface area contributed by atoms with Crippen LogP contribution in [-0.2, 0) is 48.1 Å². The summed E-state index contributed by atoms with van der Waals surface area (Å²) in [5, 5.41) is 20.9. The zero-order valence-electron chi connectivity index (χ0n) is 47.9. The van der Waals surface area contributed by atoms with Gasteiger partial charge in [0, 0.05) is 24.8 Å². The van der Waals surface area contributed by atoms with Crippen molar-refractivity contribution in [3.8, 4) is 0 Å². The molecule has 416 valence electrons. The summed E-state index contributed by atoms with van der Waals surface area (Å²) in [7, 11) is 0. The van der Waals surface area contributed by atoms with Crippen molar-refractivity contribution in [2.75, 3.05) is 0 Å². The van der Waals surface area contributed by atoms with Crippen molar-refractivity contribution < 1.29 is 58.3 Å². The van der Waals surface area contributed by atoms with E-state index in [0.717, 1.165) is 128 Å². The molecule has 0 saturated heterocycles. The summed E-state index contributed by atoms with van der Waals surface area (Å²) in [4.78, 5) is 45.8. The Balaban J connectivity index is -0.00000128. The smallest absolute Gasteiger partial charge is 0.550 e. The summed E-state index contributed by atoms with van der Waals surface area (Å²) in [6.45, 7) is 9.00. The summed E-state index contributed by atoms with van der Waals surface area (Å²) in [6.07, 6.45) is 58.7. The monoisotopic (exact) mass is 1050 g/mol. The molecule has 0 aliphatic heterocycles. The van der Waals surface area contributed by atoms with E-state index in [1.165, 1.54) is 180 Å². The van der Waals surface area contributed by atoms with Gasteiger partial charge < -0.3 is 29.3 Å². The van der Waals surface area contributed by atoms with Crippen molar-refractivity contribution in [2.45, 2.75) is 374 Å². The summed E-state index contributed by atoms with van der Waals surface area (Å²) >= 11 is 0. The predicted molar refractivity (Wildman–Crippen MR) is 293 cm³/mol. The Hall–Kier alpha value is -1.50. The van der Waals surface area contributed by atoms with E-state index in [1.807, 2.05) is 0 Å². The van der Waals surface area contributed by atoms with Gasteiger partial charge in [-0.1, -0.05) is 259 Å². The summed E-state index contributed by atoms with van der Waals surface area (Å²) < 4.78 is 11.8. The normalized spacial score (nSPS) is 11.9. The molecule has 0 bridgehead atoms. The molecular weight excluding hydrogens is 938 g/mol. The molecule has 0 fully saturated rings. The van der Waals surface area contributed by atoms with Crippen LogP contribution in [-0.4, -0.2) is 36.1 Å². The van der Waals surface area contributed by atoms with E-state index < -0.39 is 11.9 Å². The Labute approximate surface area is 453 Å².